The van der Waals surface area contributed by atoms with E-state index in [1.165, 1.54) is 18.7 Å². The van der Waals surface area contributed by atoms with Crippen molar-refractivity contribution in [1.29, 1.82) is 0 Å². The van der Waals surface area contributed by atoms with Gasteiger partial charge in [0, 0.05) is 0 Å². The van der Waals surface area contributed by atoms with Crippen molar-refractivity contribution < 1.29 is 0 Å². The fourth-order valence-corrected chi connectivity index (χ4v) is 2.89. The molecule has 1 aromatic carbocycles. The SMILES string of the molecule is CCc1ccc(C2C3CNCC32)cc1. The fourth-order valence-electron chi connectivity index (χ4n) is 2.89. The normalized spacial score (nSPS) is 34.2. The molecule has 0 spiro atoms. The number of hydrogen-bond acceptors (Lipinski definition) is 1. The molecule has 1 aliphatic heterocycles. The highest BCUT2D eigenvalue weighted by Crippen LogP contribution is 2.55. The Labute approximate surface area is 85.5 Å². The summed E-state index contributed by atoms with van der Waals surface area (Å²) in [5.41, 5.74) is 3.02. The molecule has 2 unspecified atom stereocenters. The third kappa shape index (κ3) is 1.19. The summed E-state index contributed by atoms with van der Waals surface area (Å²) < 4.78 is 0. The summed E-state index contributed by atoms with van der Waals surface area (Å²) in [6.07, 6.45) is 1.15. The number of benzene rings is 1. The molecule has 1 heteroatoms. The van der Waals surface area contributed by atoms with Gasteiger partial charge < -0.3 is 5.32 Å². The molecule has 1 saturated carbocycles. The standard InChI is InChI=1S/C13H17N/c1-2-9-3-5-10(6-4-9)13-11-7-14-8-12(11)13/h3-6,11-14H,2,7-8H2,1H3. The quantitative estimate of drug-likeness (QED) is 0.748. The highest BCUT2D eigenvalue weighted by Gasteiger charge is 2.53. The van der Waals surface area contributed by atoms with E-state index in [4.69, 9.17) is 0 Å². The molecule has 1 nitrogen and oxygen atoms in total. The minimum absolute atomic E-state index is 0.877. The van der Waals surface area contributed by atoms with Gasteiger partial charge in [-0.05, 0) is 48.4 Å². The Balaban J connectivity index is 1.78. The van der Waals surface area contributed by atoms with Gasteiger partial charge in [-0.25, -0.2) is 0 Å². The van der Waals surface area contributed by atoms with E-state index in [0.717, 1.165) is 24.2 Å². The second-order valence-corrected chi connectivity index (χ2v) is 4.61. The van der Waals surface area contributed by atoms with Crippen LogP contribution in [0.4, 0.5) is 0 Å². The average Bonchev–Trinajstić information content (AvgIpc) is 2.72. The lowest BCUT2D eigenvalue weighted by Gasteiger charge is -2.05. The summed E-state index contributed by atoms with van der Waals surface area (Å²) >= 11 is 0. The van der Waals surface area contributed by atoms with Gasteiger partial charge in [-0.2, -0.15) is 0 Å². The molecule has 2 fully saturated rings. The highest BCUT2D eigenvalue weighted by molar-refractivity contribution is 5.32. The minimum Gasteiger partial charge on any atom is -0.316 e. The van der Waals surface area contributed by atoms with Crippen molar-refractivity contribution >= 4 is 0 Å². The summed E-state index contributed by atoms with van der Waals surface area (Å²) in [6.45, 7) is 4.69. The van der Waals surface area contributed by atoms with Gasteiger partial charge in [-0.3, -0.25) is 0 Å². The van der Waals surface area contributed by atoms with Crippen molar-refractivity contribution in [2.75, 3.05) is 13.1 Å². The molecule has 0 amide bonds. The molecule has 0 aromatic heterocycles. The zero-order valence-corrected chi connectivity index (χ0v) is 8.66. The van der Waals surface area contributed by atoms with E-state index in [-0.39, 0.29) is 0 Å². The lowest BCUT2D eigenvalue weighted by Crippen LogP contribution is -2.13. The van der Waals surface area contributed by atoms with Crippen molar-refractivity contribution in [2.45, 2.75) is 19.3 Å². The maximum Gasteiger partial charge on any atom is -0.00111 e. The van der Waals surface area contributed by atoms with Crippen LogP contribution in [-0.4, -0.2) is 13.1 Å². The third-order valence-corrected chi connectivity index (χ3v) is 3.86. The first-order valence-electron chi connectivity index (χ1n) is 5.69. The lowest BCUT2D eigenvalue weighted by atomic mass is 10.0. The van der Waals surface area contributed by atoms with Crippen molar-refractivity contribution in [1.82, 2.24) is 5.32 Å². The summed E-state index contributed by atoms with van der Waals surface area (Å²) in [5.74, 6) is 2.77. The Morgan fingerprint density at radius 1 is 1.14 bits per heavy atom. The van der Waals surface area contributed by atoms with Gasteiger partial charge in [0.2, 0.25) is 0 Å². The van der Waals surface area contributed by atoms with Crippen LogP contribution in [0.2, 0.25) is 0 Å². The summed E-state index contributed by atoms with van der Waals surface area (Å²) in [7, 11) is 0. The smallest absolute Gasteiger partial charge is 0.00111 e. The molecule has 1 aromatic rings. The maximum atomic E-state index is 3.44. The van der Waals surface area contributed by atoms with Crippen LogP contribution >= 0.6 is 0 Å². The minimum atomic E-state index is 0.877. The zero-order chi connectivity index (χ0) is 9.54. The van der Waals surface area contributed by atoms with Crippen LogP contribution in [0, 0.1) is 11.8 Å². The van der Waals surface area contributed by atoms with E-state index in [1.807, 2.05) is 0 Å². The Morgan fingerprint density at radius 2 is 1.79 bits per heavy atom. The van der Waals surface area contributed by atoms with E-state index in [0.29, 0.717) is 0 Å². The molecule has 14 heavy (non-hydrogen) atoms. The van der Waals surface area contributed by atoms with Gasteiger partial charge in [0.1, 0.15) is 0 Å². The Morgan fingerprint density at radius 3 is 2.36 bits per heavy atom. The maximum absolute atomic E-state index is 3.44. The zero-order valence-electron chi connectivity index (χ0n) is 8.66. The van der Waals surface area contributed by atoms with E-state index in [9.17, 15) is 0 Å². The molecule has 0 bridgehead atoms. The summed E-state index contributed by atoms with van der Waals surface area (Å²) in [4.78, 5) is 0. The number of piperidine rings is 1. The predicted octanol–water partition coefficient (Wildman–Crippen LogP) is 2.18. The van der Waals surface area contributed by atoms with Crippen molar-refractivity contribution in [3.05, 3.63) is 35.4 Å². The first-order chi connectivity index (χ1) is 6.90. The fraction of sp³-hybridized carbons (Fsp3) is 0.538. The van der Waals surface area contributed by atoms with Crippen LogP contribution < -0.4 is 5.32 Å². The van der Waals surface area contributed by atoms with E-state index in [2.05, 4.69) is 36.5 Å². The van der Waals surface area contributed by atoms with Gasteiger partial charge in [-0.1, -0.05) is 31.2 Å². The van der Waals surface area contributed by atoms with Crippen molar-refractivity contribution in [3.63, 3.8) is 0 Å². The molecule has 1 N–H and O–H groups in total. The van der Waals surface area contributed by atoms with Crippen LogP contribution in [0.5, 0.6) is 0 Å². The van der Waals surface area contributed by atoms with Gasteiger partial charge >= 0.3 is 0 Å². The second-order valence-electron chi connectivity index (χ2n) is 4.61. The highest BCUT2D eigenvalue weighted by atomic mass is 15.0. The number of rotatable bonds is 2. The van der Waals surface area contributed by atoms with Crippen LogP contribution in [0.25, 0.3) is 0 Å². The summed E-state index contributed by atoms with van der Waals surface area (Å²) in [5, 5.41) is 3.44. The molecule has 74 valence electrons. The first-order valence-corrected chi connectivity index (χ1v) is 5.69. The number of nitrogens with one attached hydrogen (secondary N) is 1. The number of aryl methyl sites for hydroxylation is 1. The molecular weight excluding hydrogens is 170 g/mol. The molecule has 1 aliphatic carbocycles. The largest absolute Gasteiger partial charge is 0.316 e. The van der Waals surface area contributed by atoms with Crippen molar-refractivity contribution in [3.8, 4) is 0 Å². The Kier molecular flexibility index (Phi) is 1.88. The number of hydrogen-bond donors (Lipinski definition) is 1. The van der Waals surface area contributed by atoms with Crippen LogP contribution in [0.15, 0.2) is 24.3 Å². The van der Waals surface area contributed by atoms with Crippen LogP contribution in [0.3, 0.4) is 0 Å². The van der Waals surface area contributed by atoms with Crippen LogP contribution in [-0.2, 0) is 6.42 Å². The third-order valence-electron chi connectivity index (χ3n) is 3.86. The molecule has 1 saturated heterocycles. The molecule has 1 heterocycles. The van der Waals surface area contributed by atoms with Crippen molar-refractivity contribution in [2.24, 2.45) is 11.8 Å². The van der Waals surface area contributed by atoms with Gasteiger partial charge in [0.05, 0.1) is 0 Å². The topological polar surface area (TPSA) is 12.0 Å². The second kappa shape index (κ2) is 3.09. The lowest BCUT2D eigenvalue weighted by molar-refractivity contribution is 0.684. The van der Waals surface area contributed by atoms with E-state index < -0.39 is 0 Å². The predicted molar refractivity (Wildman–Crippen MR) is 58.4 cm³/mol. The number of fused-ring (bicyclic) bond motifs is 1. The Bertz CT molecular complexity index is 318. The first kappa shape index (κ1) is 8.49. The van der Waals surface area contributed by atoms with Gasteiger partial charge in [0.25, 0.3) is 0 Å². The monoisotopic (exact) mass is 187 g/mol. The average molecular weight is 187 g/mol. The van der Waals surface area contributed by atoms with E-state index >= 15 is 0 Å². The van der Waals surface area contributed by atoms with Gasteiger partial charge in [0.15, 0.2) is 0 Å². The molecule has 0 radical (unpaired) electrons. The summed E-state index contributed by atoms with van der Waals surface area (Å²) in [6, 6.07) is 9.25. The van der Waals surface area contributed by atoms with Gasteiger partial charge in [-0.15, -0.1) is 0 Å². The molecular formula is C13H17N. The Hall–Kier alpha value is -0.820. The molecule has 2 aliphatic rings. The molecule has 2 atom stereocenters. The molecule has 3 rings (SSSR count). The van der Waals surface area contributed by atoms with Crippen LogP contribution in [0.1, 0.15) is 24.0 Å². The van der Waals surface area contributed by atoms with E-state index in [1.54, 1.807) is 5.56 Å².